The minimum absolute atomic E-state index is 0.736. The molecule has 0 atom stereocenters. The molecule has 0 unspecified atom stereocenters. The molecule has 1 fully saturated rings. The molecular weight excluding hydrogens is 238 g/mol. The van der Waals surface area contributed by atoms with E-state index in [0.29, 0.717) is 0 Å². The Kier molecular flexibility index (Phi) is 4.58. The van der Waals surface area contributed by atoms with E-state index in [1.54, 1.807) is 0 Å². The zero-order chi connectivity index (χ0) is 13.8. The first-order valence-electron chi connectivity index (χ1n) is 7.21. The van der Waals surface area contributed by atoms with E-state index in [9.17, 15) is 0 Å². The Bertz CT molecular complexity index is 426. The van der Waals surface area contributed by atoms with Gasteiger partial charge in [-0.05, 0) is 25.7 Å². The lowest BCUT2D eigenvalue weighted by molar-refractivity contribution is 0.544. The number of hydrogen-bond donors (Lipinski definition) is 2. The van der Waals surface area contributed by atoms with Crippen molar-refractivity contribution in [2.24, 2.45) is 11.8 Å². The molecule has 0 aliphatic heterocycles. The summed E-state index contributed by atoms with van der Waals surface area (Å²) in [6.07, 6.45) is 6.25. The summed E-state index contributed by atoms with van der Waals surface area (Å²) in [5.41, 5.74) is 3.71. The van der Waals surface area contributed by atoms with Crippen molar-refractivity contribution in [3.63, 3.8) is 0 Å². The van der Waals surface area contributed by atoms with Crippen molar-refractivity contribution in [3.05, 3.63) is 11.4 Å². The molecule has 106 valence electrons. The first-order chi connectivity index (χ1) is 9.15. The molecule has 3 N–H and O–H groups in total. The van der Waals surface area contributed by atoms with E-state index in [4.69, 9.17) is 5.84 Å². The Morgan fingerprint density at radius 1 is 1.32 bits per heavy atom. The zero-order valence-electron chi connectivity index (χ0n) is 12.2. The van der Waals surface area contributed by atoms with E-state index in [0.717, 1.165) is 41.9 Å². The lowest BCUT2D eigenvalue weighted by Gasteiger charge is -2.24. The number of anilines is 2. The highest BCUT2D eigenvalue weighted by Crippen LogP contribution is 2.28. The molecular formula is C14H25N5. The number of nitrogens with zero attached hydrogens (tertiary/aromatic N) is 3. The summed E-state index contributed by atoms with van der Waals surface area (Å²) in [5.74, 6) is 8.93. The second-order valence-corrected chi connectivity index (χ2v) is 5.47. The second kappa shape index (κ2) is 6.19. The predicted octanol–water partition coefficient (Wildman–Crippen LogP) is 2.26. The van der Waals surface area contributed by atoms with Crippen LogP contribution in [0.2, 0.25) is 0 Å². The summed E-state index contributed by atoms with van der Waals surface area (Å²) in [7, 11) is 2.12. The van der Waals surface area contributed by atoms with Crippen molar-refractivity contribution < 1.29 is 0 Å². The van der Waals surface area contributed by atoms with Gasteiger partial charge < -0.3 is 10.3 Å². The van der Waals surface area contributed by atoms with Crippen LogP contribution in [0.5, 0.6) is 0 Å². The van der Waals surface area contributed by atoms with E-state index in [1.165, 1.54) is 25.7 Å². The van der Waals surface area contributed by atoms with Crippen LogP contribution in [-0.4, -0.2) is 23.6 Å². The third-order valence-electron chi connectivity index (χ3n) is 3.99. The molecule has 0 aromatic carbocycles. The van der Waals surface area contributed by atoms with Gasteiger partial charge in [0.15, 0.2) is 0 Å². The van der Waals surface area contributed by atoms with Gasteiger partial charge in [0.2, 0.25) is 0 Å². The fraction of sp³-hybridized carbons (Fsp3) is 0.714. The first-order valence-corrected chi connectivity index (χ1v) is 7.21. The molecule has 0 amide bonds. The van der Waals surface area contributed by atoms with Crippen molar-refractivity contribution >= 4 is 11.6 Å². The molecule has 19 heavy (non-hydrogen) atoms. The lowest BCUT2D eigenvalue weighted by Crippen LogP contribution is -2.27. The molecule has 2 rings (SSSR count). The average Bonchev–Trinajstić information content (AvgIpc) is 2.91. The Morgan fingerprint density at radius 3 is 2.58 bits per heavy atom. The molecule has 5 nitrogen and oxygen atoms in total. The van der Waals surface area contributed by atoms with Gasteiger partial charge >= 0.3 is 0 Å². The van der Waals surface area contributed by atoms with Crippen LogP contribution in [0.4, 0.5) is 11.6 Å². The molecule has 0 radical (unpaired) electrons. The van der Waals surface area contributed by atoms with Crippen molar-refractivity contribution in [3.8, 4) is 0 Å². The van der Waals surface area contributed by atoms with Crippen LogP contribution in [0, 0.1) is 12.8 Å². The number of nitrogens with one attached hydrogen (secondary N) is 1. The van der Waals surface area contributed by atoms with E-state index in [1.807, 2.05) is 6.92 Å². The Balaban J connectivity index is 2.21. The molecule has 1 aromatic rings. The quantitative estimate of drug-likeness (QED) is 0.630. The van der Waals surface area contributed by atoms with Crippen molar-refractivity contribution in [1.29, 1.82) is 0 Å². The summed E-state index contributed by atoms with van der Waals surface area (Å²) in [6, 6.07) is 0. The van der Waals surface area contributed by atoms with Crippen LogP contribution < -0.4 is 16.2 Å². The van der Waals surface area contributed by atoms with Gasteiger partial charge in [-0.1, -0.05) is 19.8 Å². The van der Waals surface area contributed by atoms with Crippen molar-refractivity contribution in [2.75, 3.05) is 23.9 Å². The number of aromatic nitrogens is 2. The van der Waals surface area contributed by atoms with Gasteiger partial charge in [0.25, 0.3) is 0 Å². The number of nitrogens with two attached hydrogens (primary N) is 1. The highest BCUT2D eigenvalue weighted by atomic mass is 15.3. The van der Waals surface area contributed by atoms with Crippen LogP contribution in [0.3, 0.4) is 0 Å². The van der Waals surface area contributed by atoms with Gasteiger partial charge in [0.1, 0.15) is 17.5 Å². The van der Waals surface area contributed by atoms with Crippen LogP contribution >= 0.6 is 0 Å². The Labute approximate surface area is 115 Å². The first kappa shape index (κ1) is 14.1. The van der Waals surface area contributed by atoms with Gasteiger partial charge in [-0.25, -0.2) is 15.8 Å². The van der Waals surface area contributed by atoms with E-state index in [-0.39, 0.29) is 0 Å². The van der Waals surface area contributed by atoms with Gasteiger partial charge in [-0.15, -0.1) is 0 Å². The van der Waals surface area contributed by atoms with Crippen LogP contribution in [-0.2, 0) is 6.42 Å². The number of hydrazine groups is 1. The van der Waals surface area contributed by atoms with Crippen molar-refractivity contribution in [2.45, 2.75) is 46.0 Å². The van der Waals surface area contributed by atoms with Gasteiger partial charge in [-0.3, -0.25) is 0 Å². The highest BCUT2D eigenvalue weighted by molar-refractivity contribution is 5.57. The monoisotopic (exact) mass is 263 g/mol. The molecule has 5 heteroatoms. The topological polar surface area (TPSA) is 67.1 Å². The molecule has 1 heterocycles. The lowest BCUT2D eigenvalue weighted by atomic mass is 10.1. The minimum atomic E-state index is 0.736. The van der Waals surface area contributed by atoms with Gasteiger partial charge in [0.05, 0.1) is 0 Å². The summed E-state index contributed by atoms with van der Waals surface area (Å²) < 4.78 is 0. The highest BCUT2D eigenvalue weighted by Gasteiger charge is 2.20. The van der Waals surface area contributed by atoms with Crippen LogP contribution in [0.1, 0.15) is 44.0 Å². The maximum atomic E-state index is 5.55. The van der Waals surface area contributed by atoms with E-state index < -0.39 is 0 Å². The molecule has 1 aliphatic rings. The third-order valence-corrected chi connectivity index (χ3v) is 3.99. The molecule has 1 saturated carbocycles. The Hall–Kier alpha value is -1.36. The maximum absolute atomic E-state index is 5.55. The molecule has 1 aromatic heterocycles. The number of hydrogen-bond acceptors (Lipinski definition) is 5. The third kappa shape index (κ3) is 3.15. The SMILES string of the molecule is CCc1nc(NN)c(C)c(N(C)CC2CCCC2)n1. The summed E-state index contributed by atoms with van der Waals surface area (Å²) in [5, 5.41) is 0. The fourth-order valence-corrected chi connectivity index (χ4v) is 2.89. The minimum Gasteiger partial charge on any atom is -0.359 e. The van der Waals surface area contributed by atoms with Crippen LogP contribution in [0.25, 0.3) is 0 Å². The normalized spacial score (nSPS) is 15.8. The largest absolute Gasteiger partial charge is 0.359 e. The molecule has 0 spiro atoms. The van der Waals surface area contributed by atoms with E-state index in [2.05, 4.69) is 34.3 Å². The molecule has 0 saturated heterocycles. The van der Waals surface area contributed by atoms with Gasteiger partial charge in [-0.2, -0.15) is 0 Å². The fourth-order valence-electron chi connectivity index (χ4n) is 2.89. The summed E-state index contributed by atoms with van der Waals surface area (Å²) >= 11 is 0. The summed E-state index contributed by atoms with van der Waals surface area (Å²) in [6.45, 7) is 5.16. The number of nitrogen functional groups attached to an aromatic ring is 1. The average molecular weight is 263 g/mol. The number of rotatable bonds is 5. The summed E-state index contributed by atoms with van der Waals surface area (Å²) in [4.78, 5) is 11.3. The van der Waals surface area contributed by atoms with Crippen molar-refractivity contribution in [1.82, 2.24) is 9.97 Å². The standard InChI is InChI=1S/C14H25N5/c1-4-12-16-13(18-15)10(2)14(17-12)19(3)9-11-7-5-6-8-11/h11H,4-9,15H2,1-3H3,(H,16,17,18). The molecule has 1 aliphatic carbocycles. The zero-order valence-corrected chi connectivity index (χ0v) is 12.2. The van der Waals surface area contributed by atoms with E-state index >= 15 is 0 Å². The van der Waals surface area contributed by atoms with Gasteiger partial charge in [0, 0.05) is 25.6 Å². The second-order valence-electron chi connectivity index (χ2n) is 5.47. The smallest absolute Gasteiger partial charge is 0.148 e. The maximum Gasteiger partial charge on any atom is 0.148 e. The molecule has 0 bridgehead atoms. The van der Waals surface area contributed by atoms with Crippen LogP contribution in [0.15, 0.2) is 0 Å². The predicted molar refractivity (Wildman–Crippen MR) is 79.2 cm³/mol. The Morgan fingerprint density at radius 2 is 2.00 bits per heavy atom. The number of aryl methyl sites for hydroxylation is 1.